The van der Waals surface area contributed by atoms with Gasteiger partial charge in [0.15, 0.2) is 0 Å². The van der Waals surface area contributed by atoms with Crippen molar-refractivity contribution < 1.29 is 28.6 Å². The van der Waals surface area contributed by atoms with Crippen LogP contribution in [0, 0.1) is 11.7 Å². The summed E-state index contributed by atoms with van der Waals surface area (Å²) < 4.78 is 28.1. The van der Waals surface area contributed by atoms with Gasteiger partial charge in [-0.25, -0.2) is 4.39 Å². The summed E-state index contributed by atoms with van der Waals surface area (Å²) in [5.41, 5.74) is 6.11. The molecule has 5 aliphatic rings. The van der Waals surface area contributed by atoms with E-state index in [0.717, 1.165) is 88.3 Å². The molecule has 4 saturated heterocycles. The molecule has 0 unspecified atom stereocenters. The summed E-state index contributed by atoms with van der Waals surface area (Å²) in [7, 11) is 0. The number of aromatic hydroxyl groups is 1. The molecule has 56 heavy (non-hydrogen) atoms. The molecule has 10 heteroatoms. The minimum absolute atomic E-state index is 0.0492. The number of fused-ring (bicyclic) bond motifs is 1. The number of imide groups is 1. The number of hydrogen-bond acceptors (Lipinski definition) is 8. The minimum atomic E-state index is -0.528. The highest BCUT2D eigenvalue weighted by atomic mass is 19.1. The van der Waals surface area contributed by atoms with Crippen LogP contribution in [0.2, 0.25) is 0 Å². The minimum Gasteiger partial charge on any atom is -0.508 e. The van der Waals surface area contributed by atoms with E-state index in [2.05, 4.69) is 69.0 Å². The van der Waals surface area contributed by atoms with Crippen molar-refractivity contribution in [3.05, 3.63) is 119 Å². The maximum absolute atomic E-state index is 15.3. The predicted octanol–water partition coefficient (Wildman–Crippen LogP) is 7.31. The van der Waals surface area contributed by atoms with Gasteiger partial charge in [-0.1, -0.05) is 54.6 Å². The molecule has 9 nitrogen and oxygen atoms in total. The van der Waals surface area contributed by atoms with Gasteiger partial charge in [0.05, 0.1) is 18.8 Å². The molecular formula is C46H51FN4O5. The van der Waals surface area contributed by atoms with Crippen molar-refractivity contribution in [2.24, 2.45) is 5.92 Å². The van der Waals surface area contributed by atoms with Crippen LogP contribution in [0.5, 0.6) is 11.5 Å². The number of piperidine rings is 3. The van der Waals surface area contributed by atoms with Gasteiger partial charge >= 0.3 is 0 Å². The fourth-order valence-electron chi connectivity index (χ4n) is 10.0. The largest absolute Gasteiger partial charge is 0.508 e. The van der Waals surface area contributed by atoms with E-state index in [4.69, 9.17) is 9.47 Å². The molecule has 5 aliphatic heterocycles. The third-order valence-corrected chi connectivity index (χ3v) is 13.1. The smallest absolute Gasteiger partial charge is 0.249 e. The number of benzene rings is 4. The highest BCUT2D eigenvalue weighted by Gasteiger charge is 2.43. The van der Waals surface area contributed by atoms with Gasteiger partial charge < -0.3 is 29.7 Å². The second-order valence-electron chi connectivity index (χ2n) is 16.6. The van der Waals surface area contributed by atoms with E-state index < -0.39 is 6.04 Å². The summed E-state index contributed by atoms with van der Waals surface area (Å²) >= 11 is 0. The second kappa shape index (κ2) is 15.5. The molecule has 4 aromatic carbocycles. The van der Waals surface area contributed by atoms with Gasteiger partial charge in [0.2, 0.25) is 11.8 Å². The lowest BCUT2D eigenvalue weighted by molar-refractivity contribution is -0.133. The van der Waals surface area contributed by atoms with Gasteiger partial charge in [0.1, 0.15) is 23.4 Å². The first-order valence-corrected chi connectivity index (χ1v) is 20.4. The molecule has 0 aliphatic carbocycles. The Labute approximate surface area is 328 Å². The number of rotatable bonds is 8. The molecule has 292 valence electrons. The Hall–Kier alpha value is -4.93. The van der Waals surface area contributed by atoms with Crippen molar-refractivity contribution in [3.63, 3.8) is 0 Å². The van der Waals surface area contributed by atoms with E-state index in [1.54, 1.807) is 12.1 Å². The predicted molar refractivity (Wildman–Crippen MR) is 214 cm³/mol. The fraction of sp³-hybridized carbons (Fsp3) is 0.435. The Morgan fingerprint density at radius 2 is 1.61 bits per heavy atom. The average molecular weight is 759 g/mol. The molecular weight excluding hydrogens is 708 g/mol. The van der Waals surface area contributed by atoms with Crippen molar-refractivity contribution in [1.82, 2.24) is 10.2 Å². The molecule has 2 amide bonds. The zero-order valence-electron chi connectivity index (χ0n) is 31.8. The zero-order chi connectivity index (χ0) is 38.2. The standard InChI is InChI=1S/C46H51FN4O5/c47-40-24-34(48-41-14-15-43(53)49-45(41)54)8-12-37(40)32-16-20-50(21-17-32)27-30-26-46(56-28-30)18-22-51(23-19-46)35-9-6-33(7-10-35)44-38-13-11-36(52)25-42(38)55-29-39(44)31-4-2-1-3-5-31/h1-13,24-25,30,32,39,41,44,48,52H,14-23,26-29H2,(H,49,53,54)/t30-,39-,41+,44-/m0/s1. The van der Waals surface area contributed by atoms with Gasteiger partial charge in [-0.2, -0.15) is 0 Å². The number of nitrogens with zero attached hydrogens (tertiary/aromatic N) is 2. The van der Waals surface area contributed by atoms with Gasteiger partial charge in [0.25, 0.3) is 0 Å². The average Bonchev–Trinajstić information content (AvgIpc) is 3.60. The van der Waals surface area contributed by atoms with E-state index in [1.807, 2.05) is 24.3 Å². The van der Waals surface area contributed by atoms with Crippen LogP contribution in [0.1, 0.15) is 85.0 Å². The van der Waals surface area contributed by atoms with E-state index in [0.29, 0.717) is 24.6 Å². The highest BCUT2D eigenvalue weighted by Crippen LogP contribution is 2.47. The monoisotopic (exact) mass is 758 g/mol. The maximum Gasteiger partial charge on any atom is 0.249 e. The first kappa shape index (κ1) is 36.7. The lowest BCUT2D eigenvalue weighted by atomic mass is 9.76. The quantitative estimate of drug-likeness (QED) is 0.161. The number of carbonyl (C=O) groups is 2. The molecule has 0 bridgehead atoms. The van der Waals surface area contributed by atoms with Gasteiger partial charge in [-0.05, 0) is 110 Å². The van der Waals surface area contributed by atoms with Crippen LogP contribution >= 0.6 is 0 Å². The molecule has 0 saturated carbocycles. The van der Waals surface area contributed by atoms with Crippen LogP contribution in [0.3, 0.4) is 0 Å². The SMILES string of the molecule is O=C1CC[C@@H](Nc2ccc(C3CCN(C[C@H]4COC5(CCN(c6ccc([C@H]7c8ccc(O)cc8OC[C@H]7c7ccccc7)cc6)CC5)C4)CC3)c(F)c2)C(=O)N1. The molecule has 4 aromatic rings. The molecule has 0 aromatic heterocycles. The van der Waals surface area contributed by atoms with Crippen molar-refractivity contribution in [2.75, 3.05) is 56.2 Å². The lowest BCUT2D eigenvalue weighted by Crippen LogP contribution is -2.47. The summed E-state index contributed by atoms with van der Waals surface area (Å²) in [4.78, 5) is 28.6. The van der Waals surface area contributed by atoms with Crippen LogP contribution in [-0.4, -0.2) is 79.4 Å². The van der Waals surface area contributed by atoms with Gasteiger partial charge in [0, 0.05) is 60.9 Å². The number of ether oxygens (including phenoxy) is 2. The number of carbonyl (C=O) groups excluding carboxylic acids is 2. The Morgan fingerprint density at radius 3 is 2.36 bits per heavy atom. The van der Waals surface area contributed by atoms with Crippen molar-refractivity contribution >= 4 is 23.2 Å². The first-order valence-electron chi connectivity index (χ1n) is 20.4. The van der Waals surface area contributed by atoms with Crippen LogP contribution in [0.25, 0.3) is 0 Å². The van der Waals surface area contributed by atoms with E-state index >= 15 is 4.39 Å². The lowest BCUT2D eigenvalue weighted by Gasteiger charge is -2.40. The number of nitrogens with one attached hydrogen (secondary N) is 2. The summed E-state index contributed by atoms with van der Waals surface area (Å²) in [5, 5.41) is 15.6. The normalized spacial score (nSPS) is 25.4. The summed E-state index contributed by atoms with van der Waals surface area (Å²) in [6.07, 6.45) is 5.66. The molecule has 4 atom stereocenters. The number of amides is 2. The molecule has 3 N–H and O–H groups in total. The van der Waals surface area contributed by atoms with Crippen LogP contribution in [0.15, 0.2) is 91.0 Å². The van der Waals surface area contributed by atoms with Gasteiger partial charge in [-0.3, -0.25) is 14.9 Å². The second-order valence-corrected chi connectivity index (χ2v) is 16.6. The molecule has 9 rings (SSSR count). The molecule has 4 fully saturated rings. The van der Waals surface area contributed by atoms with Crippen LogP contribution < -0.4 is 20.3 Å². The Morgan fingerprint density at radius 1 is 0.839 bits per heavy atom. The fourth-order valence-corrected chi connectivity index (χ4v) is 10.0. The number of halogens is 1. The number of likely N-dealkylation sites (tertiary alicyclic amines) is 1. The molecule has 1 spiro atoms. The van der Waals surface area contributed by atoms with Crippen molar-refractivity contribution in [1.29, 1.82) is 0 Å². The first-order chi connectivity index (χ1) is 27.3. The van der Waals surface area contributed by atoms with Gasteiger partial charge in [-0.15, -0.1) is 0 Å². The topological polar surface area (TPSA) is 103 Å². The van der Waals surface area contributed by atoms with Crippen molar-refractivity contribution in [3.8, 4) is 11.5 Å². The number of hydrogen-bond donors (Lipinski definition) is 3. The number of anilines is 2. The summed E-state index contributed by atoms with van der Waals surface area (Å²) in [6.45, 7) is 6.22. The highest BCUT2D eigenvalue weighted by molar-refractivity contribution is 6.01. The zero-order valence-corrected chi connectivity index (χ0v) is 31.8. The van der Waals surface area contributed by atoms with E-state index in [9.17, 15) is 14.7 Å². The third kappa shape index (κ3) is 7.61. The van der Waals surface area contributed by atoms with Crippen LogP contribution in [-0.2, 0) is 14.3 Å². The summed E-state index contributed by atoms with van der Waals surface area (Å²) in [6, 6.07) is 29.8. The summed E-state index contributed by atoms with van der Waals surface area (Å²) in [5.74, 6) is 1.10. The Bertz CT molecular complexity index is 2040. The van der Waals surface area contributed by atoms with Crippen molar-refractivity contribution in [2.45, 2.75) is 74.3 Å². The van der Waals surface area contributed by atoms with E-state index in [1.165, 1.54) is 22.9 Å². The van der Waals surface area contributed by atoms with Crippen LogP contribution in [0.4, 0.5) is 15.8 Å². The Kier molecular flexibility index (Phi) is 10.2. The number of phenols is 1. The Balaban J connectivity index is 0.766. The maximum atomic E-state index is 15.3. The van der Waals surface area contributed by atoms with E-state index in [-0.39, 0.29) is 53.2 Å². The third-order valence-electron chi connectivity index (χ3n) is 13.1. The molecule has 5 heterocycles. The molecule has 0 radical (unpaired) electrons. The number of phenolic OH excluding ortho intramolecular Hbond substituents is 1.